The second kappa shape index (κ2) is 4.93. The molecule has 0 heterocycles. The van der Waals surface area contributed by atoms with E-state index in [9.17, 15) is 18.0 Å². The molecule has 0 fully saturated rings. The van der Waals surface area contributed by atoms with Crippen LogP contribution < -0.4 is 16.0 Å². The van der Waals surface area contributed by atoms with Crippen molar-refractivity contribution in [2.24, 2.45) is 5.73 Å². The highest BCUT2D eigenvalue weighted by molar-refractivity contribution is 7.89. The smallest absolute Gasteiger partial charge is 0.324 e. The predicted molar refractivity (Wildman–Crippen MR) is 58.8 cm³/mol. The zero-order valence-corrected chi connectivity index (χ0v) is 9.74. The van der Waals surface area contributed by atoms with E-state index >= 15 is 0 Å². The lowest BCUT2D eigenvalue weighted by Gasteiger charge is -2.06. The Morgan fingerprint density at radius 1 is 1.18 bits per heavy atom. The van der Waals surface area contributed by atoms with E-state index in [1.54, 1.807) is 29.3 Å². The average Bonchev–Trinajstić information content (AvgIpc) is 2.26. The number of sulfonamides is 1. The zero-order valence-electron chi connectivity index (χ0n) is 8.93. The van der Waals surface area contributed by atoms with Gasteiger partial charge in [-0.3, -0.25) is 15.0 Å². The van der Waals surface area contributed by atoms with Crippen molar-refractivity contribution < 1.29 is 18.0 Å². The van der Waals surface area contributed by atoms with Crippen LogP contribution in [0.1, 0.15) is 5.56 Å². The minimum atomic E-state index is -3.90. The van der Waals surface area contributed by atoms with Gasteiger partial charge in [0.15, 0.2) is 0 Å². The number of carbonyl (C=O) groups excluding carboxylic acids is 2. The molecule has 1 rings (SSSR count). The largest absolute Gasteiger partial charge is 0.361 e. The molecule has 0 aliphatic heterocycles. The lowest BCUT2D eigenvalue weighted by Crippen LogP contribution is -2.46. The number of amides is 2. The Kier molecular flexibility index (Phi) is 3.81. The number of carbonyl (C=O) groups is 2. The SMILES string of the molecule is Cc1ccc(S(=O)(=O)NNC(=O)C(N)=O)cc1. The average molecular weight is 257 g/mol. The number of hydrogen-bond donors (Lipinski definition) is 3. The van der Waals surface area contributed by atoms with Gasteiger partial charge in [-0.15, -0.1) is 4.83 Å². The van der Waals surface area contributed by atoms with Gasteiger partial charge in [0.05, 0.1) is 4.90 Å². The first-order valence-electron chi connectivity index (χ1n) is 4.51. The van der Waals surface area contributed by atoms with Gasteiger partial charge < -0.3 is 5.73 Å². The fraction of sp³-hybridized carbons (Fsp3) is 0.111. The summed E-state index contributed by atoms with van der Waals surface area (Å²) in [5.74, 6) is -2.52. The highest BCUT2D eigenvalue weighted by Gasteiger charge is 2.16. The Hall–Kier alpha value is -1.93. The van der Waals surface area contributed by atoms with Crippen LogP contribution in [0.5, 0.6) is 0 Å². The van der Waals surface area contributed by atoms with Gasteiger partial charge in [0.25, 0.3) is 10.0 Å². The van der Waals surface area contributed by atoms with E-state index in [0.29, 0.717) is 0 Å². The van der Waals surface area contributed by atoms with Gasteiger partial charge in [0, 0.05) is 0 Å². The minimum absolute atomic E-state index is 0.0344. The fourth-order valence-corrected chi connectivity index (χ4v) is 1.79. The number of benzene rings is 1. The maximum atomic E-state index is 11.6. The van der Waals surface area contributed by atoms with Gasteiger partial charge in [0.2, 0.25) is 0 Å². The molecule has 92 valence electrons. The molecule has 0 saturated heterocycles. The topological polar surface area (TPSA) is 118 Å². The molecule has 0 spiro atoms. The molecule has 4 N–H and O–H groups in total. The summed E-state index contributed by atoms with van der Waals surface area (Å²) in [6.45, 7) is 1.80. The van der Waals surface area contributed by atoms with Crippen LogP contribution in [0, 0.1) is 6.92 Å². The second-order valence-electron chi connectivity index (χ2n) is 3.24. The highest BCUT2D eigenvalue weighted by atomic mass is 32.2. The Morgan fingerprint density at radius 2 is 1.71 bits per heavy atom. The van der Waals surface area contributed by atoms with E-state index < -0.39 is 21.8 Å². The third-order valence-electron chi connectivity index (χ3n) is 1.85. The molecule has 17 heavy (non-hydrogen) atoms. The first-order chi connectivity index (χ1) is 7.83. The summed E-state index contributed by atoms with van der Waals surface area (Å²) < 4.78 is 23.2. The Balaban J connectivity index is 2.79. The van der Waals surface area contributed by atoms with Gasteiger partial charge in [-0.2, -0.15) is 0 Å². The third-order valence-corrected chi connectivity index (χ3v) is 3.12. The summed E-state index contributed by atoms with van der Waals surface area (Å²) >= 11 is 0. The molecule has 0 atom stereocenters. The van der Waals surface area contributed by atoms with Crippen LogP contribution in [0.25, 0.3) is 0 Å². The molecule has 0 bridgehead atoms. The number of rotatable bonds is 3. The molecular formula is C9H11N3O4S. The maximum absolute atomic E-state index is 11.6. The third kappa shape index (κ3) is 3.54. The van der Waals surface area contributed by atoms with E-state index in [1.165, 1.54) is 12.1 Å². The van der Waals surface area contributed by atoms with E-state index in [2.05, 4.69) is 5.73 Å². The van der Waals surface area contributed by atoms with Crippen LogP contribution in [0.3, 0.4) is 0 Å². The molecule has 0 aromatic heterocycles. The molecule has 2 amide bonds. The van der Waals surface area contributed by atoms with Crippen molar-refractivity contribution in [2.45, 2.75) is 11.8 Å². The monoisotopic (exact) mass is 257 g/mol. The fourth-order valence-electron chi connectivity index (χ4n) is 0.951. The molecule has 8 heteroatoms. The number of nitrogens with two attached hydrogens (primary N) is 1. The number of primary amides is 1. The van der Waals surface area contributed by atoms with E-state index in [0.717, 1.165) is 5.56 Å². The molecule has 7 nitrogen and oxygen atoms in total. The normalized spacial score (nSPS) is 10.9. The molecule has 0 unspecified atom stereocenters. The molecule has 0 radical (unpaired) electrons. The molecular weight excluding hydrogens is 246 g/mol. The first kappa shape index (κ1) is 13.1. The summed E-state index contributed by atoms with van der Waals surface area (Å²) in [4.78, 5) is 22.8. The summed E-state index contributed by atoms with van der Waals surface area (Å²) in [6, 6.07) is 5.94. The van der Waals surface area contributed by atoms with Gasteiger partial charge in [-0.1, -0.05) is 17.7 Å². The quantitative estimate of drug-likeness (QED) is 0.465. The van der Waals surface area contributed by atoms with E-state index in [1.807, 2.05) is 0 Å². The van der Waals surface area contributed by atoms with Crippen LogP contribution >= 0.6 is 0 Å². The van der Waals surface area contributed by atoms with Crippen molar-refractivity contribution in [2.75, 3.05) is 0 Å². The summed E-state index contributed by atoms with van der Waals surface area (Å²) in [5.41, 5.74) is 7.22. The molecule has 0 saturated carbocycles. The first-order valence-corrected chi connectivity index (χ1v) is 5.99. The molecule has 0 aliphatic carbocycles. The van der Waals surface area contributed by atoms with Gasteiger partial charge in [-0.05, 0) is 19.1 Å². The summed E-state index contributed by atoms with van der Waals surface area (Å²) in [7, 11) is -3.90. The minimum Gasteiger partial charge on any atom is -0.361 e. The highest BCUT2D eigenvalue weighted by Crippen LogP contribution is 2.08. The van der Waals surface area contributed by atoms with Crippen LogP contribution in [0.15, 0.2) is 29.2 Å². The molecule has 1 aromatic carbocycles. The standard InChI is InChI=1S/C9H11N3O4S/c1-6-2-4-7(5-3-6)17(15,16)12-11-9(14)8(10)13/h2-5,12H,1H3,(H2,10,13)(H,11,14). The van der Waals surface area contributed by atoms with Crippen molar-refractivity contribution in [3.8, 4) is 0 Å². The van der Waals surface area contributed by atoms with Crippen molar-refractivity contribution in [1.29, 1.82) is 0 Å². The Bertz CT molecular complexity index is 536. The number of nitrogens with one attached hydrogen (secondary N) is 2. The second-order valence-corrected chi connectivity index (χ2v) is 4.92. The van der Waals surface area contributed by atoms with Gasteiger partial charge in [0.1, 0.15) is 0 Å². The number of aryl methyl sites for hydroxylation is 1. The van der Waals surface area contributed by atoms with Crippen LogP contribution in [-0.2, 0) is 19.6 Å². The molecule has 0 aliphatic rings. The van der Waals surface area contributed by atoms with Crippen LogP contribution in [0.2, 0.25) is 0 Å². The zero-order chi connectivity index (χ0) is 13.1. The number of hydrazine groups is 1. The number of hydrogen-bond acceptors (Lipinski definition) is 4. The van der Waals surface area contributed by atoms with Crippen molar-refractivity contribution in [1.82, 2.24) is 10.3 Å². The molecule has 1 aromatic rings. The van der Waals surface area contributed by atoms with Crippen LogP contribution in [-0.4, -0.2) is 20.2 Å². The summed E-state index contributed by atoms with van der Waals surface area (Å²) in [5, 5.41) is 0. The Morgan fingerprint density at radius 3 is 2.18 bits per heavy atom. The lowest BCUT2D eigenvalue weighted by molar-refractivity contribution is -0.137. The Labute approximate surface area is 98.0 Å². The van der Waals surface area contributed by atoms with Crippen LogP contribution in [0.4, 0.5) is 0 Å². The van der Waals surface area contributed by atoms with Gasteiger partial charge >= 0.3 is 11.8 Å². The maximum Gasteiger partial charge on any atom is 0.324 e. The lowest BCUT2D eigenvalue weighted by atomic mass is 10.2. The van der Waals surface area contributed by atoms with Gasteiger partial charge in [-0.25, -0.2) is 8.42 Å². The van der Waals surface area contributed by atoms with E-state index in [4.69, 9.17) is 0 Å². The van der Waals surface area contributed by atoms with Crippen molar-refractivity contribution >= 4 is 21.8 Å². The summed E-state index contributed by atoms with van der Waals surface area (Å²) in [6.07, 6.45) is 0. The van der Waals surface area contributed by atoms with E-state index in [-0.39, 0.29) is 4.90 Å². The van der Waals surface area contributed by atoms with Crippen molar-refractivity contribution in [3.05, 3.63) is 29.8 Å². The predicted octanol–water partition coefficient (Wildman–Crippen LogP) is -1.21. The van der Waals surface area contributed by atoms with Crippen molar-refractivity contribution in [3.63, 3.8) is 0 Å².